The molecule has 0 bridgehead atoms. The second-order valence-electron chi connectivity index (χ2n) is 6.08. The molecule has 1 aliphatic rings. The first-order chi connectivity index (χ1) is 9.54. The van der Waals surface area contributed by atoms with Crippen LogP contribution in [0.5, 0.6) is 0 Å². The fraction of sp³-hybridized carbons (Fsp3) is 0.562. The van der Waals surface area contributed by atoms with Crippen LogP contribution in [0.2, 0.25) is 0 Å². The van der Waals surface area contributed by atoms with Crippen LogP contribution in [0.4, 0.5) is 5.69 Å². The Morgan fingerprint density at radius 2 is 2.24 bits per heavy atom. The van der Waals surface area contributed by atoms with E-state index in [0.717, 1.165) is 31.6 Å². The largest absolute Gasteiger partial charge is 0.330 e. The van der Waals surface area contributed by atoms with Crippen molar-refractivity contribution in [3.05, 3.63) is 29.8 Å². The van der Waals surface area contributed by atoms with Gasteiger partial charge in [-0.05, 0) is 49.0 Å². The molecule has 0 aromatic heterocycles. The van der Waals surface area contributed by atoms with Gasteiger partial charge in [-0.1, -0.05) is 26.0 Å². The summed E-state index contributed by atoms with van der Waals surface area (Å²) in [6.45, 7) is 7.30. The van der Waals surface area contributed by atoms with Crippen LogP contribution in [0.25, 0.3) is 0 Å². The number of carbonyl (C=O) groups excluding carboxylic acids is 1. The number of nitrogens with two attached hydrogens (primary N) is 1. The monoisotopic (exact) mass is 311 g/mol. The van der Waals surface area contributed by atoms with Crippen LogP contribution >= 0.6 is 12.4 Å². The molecular formula is C16H26ClN3O. The first-order valence-electron chi connectivity index (χ1n) is 7.36. The molecule has 5 heteroatoms. The minimum absolute atomic E-state index is 0. The van der Waals surface area contributed by atoms with Crippen molar-refractivity contribution in [1.29, 1.82) is 0 Å². The van der Waals surface area contributed by atoms with Gasteiger partial charge < -0.3 is 11.1 Å². The molecule has 1 aromatic rings. The number of amides is 1. The first kappa shape index (κ1) is 18.0. The Morgan fingerprint density at radius 1 is 1.48 bits per heavy atom. The molecule has 1 amide bonds. The molecule has 21 heavy (non-hydrogen) atoms. The highest BCUT2D eigenvalue weighted by molar-refractivity contribution is 5.92. The van der Waals surface area contributed by atoms with E-state index in [9.17, 15) is 4.79 Å². The van der Waals surface area contributed by atoms with E-state index in [1.807, 2.05) is 18.2 Å². The maximum Gasteiger partial charge on any atom is 0.238 e. The van der Waals surface area contributed by atoms with E-state index in [1.165, 1.54) is 5.56 Å². The van der Waals surface area contributed by atoms with Gasteiger partial charge >= 0.3 is 0 Å². The SMILES string of the molecule is CCc1cccc(NC(=O)CN2CCC(C)(CN)C2)c1.Cl. The quantitative estimate of drug-likeness (QED) is 0.877. The van der Waals surface area contributed by atoms with Crippen molar-refractivity contribution in [3.8, 4) is 0 Å². The molecule has 0 radical (unpaired) electrons. The number of nitrogens with zero attached hydrogens (tertiary/aromatic N) is 1. The Balaban J connectivity index is 0.00000220. The summed E-state index contributed by atoms with van der Waals surface area (Å²) in [5.74, 6) is 0.0551. The van der Waals surface area contributed by atoms with Crippen molar-refractivity contribution in [1.82, 2.24) is 4.90 Å². The molecule has 0 spiro atoms. The number of hydrogen-bond acceptors (Lipinski definition) is 3. The maximum atomic E-state index is 12.1. The minimum Gasteiger partial charge on any atom is -0.330 e. The van der Waals surface area contributed by atoms with E-state index in [2.05, 4.69) is 30.1 Å². The van der Waals surface area contributed by atoms with Crippen LogP contribution in [-0.4, -0.2) is 37.0 Å². The lowest BCUT2D eigenvalue weighted by molar-refractivity contribution is -0.117. The zero-order valence-corrected chi connectivity index (χ0v) is 13.7. The molecule has 3 N–H and O–H groups in total. The van der Waals surface area contributed by atoms with Crippen LogP contribution < -0.4 is 11.1 Å². The van der Waals surface area contributed by atoms with Gasteiger partial charge in [0, 0.05) is 12.2 Å². The molecule has 1 aromatic carbocycles. The Kier molecular flexibility index (Phi) is 6.65. The molecule has 0 saturated carbocycles. The normalized spacial score (nSPS) is 21.9. The van der Waals surface area contributed by atoms with Crippen LogP contribution in [0.15, 0.2) is 24.3 Å². The highest BCUT2D eigenvalue weighted by atomic mass is 35.5. The van der Waals surface area contributed by atoms with Gasteiger partial charge in [0.05, 0.1) is 6.54 Å². The lowest BCUT2D eigenvalue weighted by atomic mass is 9.90. The summed E-state index contributed by atoms with van der Waals surface area (Å²) in [7, 11) is 0. The van der Waals surface area contributed by atoms with E-state index < -0.39 is 0 Å². The standard InChI is InChI=1S/C16H25N3O.ClH/c1-3-13-5-4-6-14(9-13)18-15(20)10-19-8-7-16(2,11-17)12-19;/h4-6,9H,3,7-8,10-12,17H2,1-2H3,(H,18,20);1H. The van der Waals surface area contributed by atoms with Crippen LogP contribution in [0, 0.1) is 5.41 Å². The zero-order chi connectivity index (χ0) is 14.6. The number of benzene rings is 1. The Morgan fingerprint density at radius 3 is 2.86 bits per heavy atom. The second-order valence-corrected chi connectivity index (χ2v) is 6.08. The van der Waals surface area contributed by atoms with Crippen molar-refractivity contribution >= 4 is 24.0 Å². The number of rotatable bonds is 5. The second kappa shape index (κ2) is 7.78. The van der Waals surface area contributed by atoms with E-state index in [0.29, 0.717) is 13.1 Å². The third kappa shape index (κ3) is 4.99. The number of carbonyl (C=O) groups is 1. The fourth-order valence-electron chi connectivity index (χ4n) is 2.70. The lowest BCUT2D eigenvalue weighted by Crippen LogP contribution is -2.35. The minimum atomic E-state index is 0. The number of hydrogen-bond donors (Lipinski definition) is 2. The third-order valence-corrected chi connectivity index (χ3v) is 4.12. The summed E-state index contributed by atoms with van der Waals surface area (Å²) in [5, 5.41) is 2.98. The Labute approximate surface area is 133 Å². The highest BCUT2D eigenvalue weighted by Crippen LogP contribution is 2.28. The summed E-state index contributed by atoms with van der Waals surface area (Å²) in [6, 6.07) is 8.02. The average Bonchev–Trinajstić information content (AvgIpc) is 2.81. The molecule has 1 unspecified atom stereocenters. The first-order valence-corrected chi connectivity index (χ1v) is 7.36. The van der Waals surface area contributed by atoms with Gasteiger partial charge in [0.2, 0.25) is 5.91 Å². The van der Waals surface area contributed by atoms with E-state index in [1.54, 1.807) is 0 Å². The number of aryl methyl sites for hydroxylation is 1. The smallest absolute Gasteiger partial charge is 0.238 e. The Bertz CT molecular complexity index is 480. The predicted octanol–water partition coefficient (Wildman–Crippen LogP) is 2.28. The van der Waals surface area contributed by atoms with Crippen molar-refractivity contribution < 1.29 is 4.79 Å². The molecule has 1 saturated heterocycles. The molecule has 118 valence electrons. The number of likely N-dealkylation sites (tertiary alicyclic amines) is 1. The molecule has 1 heterocycles. The van der Waals surface area contributed by atoms with Gasteiger partial charge in [0.25, 0.3) is 0 Å². The molecule has 0 aliphatic carbocycles. The van der Waals surface area contributed by atoms with Gasteiger partial charge in [0.1, 0.15) is 0 Å². The van der Waals surface area contributed by atoms with Crippen molar-refractivity contribution in [3.63, 3.8) is 0 Å². The highest BCUT2D eigenvalue weighted by Gasteiger charge is 2.32. The van der Waals surface area contributed by atoms with E-state index >= 15 is 0 Å². The van der Waals surface area contributed by atoms with Crippen molar-refractivity contribution in [2.75, 3.05) is 31.5 Å². The summed E-state index contributed by atoms with van der Waals surface area (Å²) in [5.41, 5.74) is 8.08. The fourth-order valence-corrected chi connectivity index (χ4v) is 2.70. The zero-order valence-electron chi connectivity index (χ0n) is 12.9. The van der Waals surface area contributed by atoms with Gasteiger partial charge in [-0.3, -0.25) is 9.69 Å². The van der Waals surface area contributed by atoms with Gasteiger partial charge in [-0.25, -0.2) is 0 Å². The Hall–Kier alpha value is -1.10. The summed E-state index contributed by atoms with van der Waals surface area (Å²) < 4.78 is 0. The lowest BCUT2D eigenvalue weighted by Gasteiger charge is -2.22. The molecule has 1 fully saturated rings. The third-order valence-electron chi connectivity index (χ3n) is 4.12. The van der Waals surface area contributed by atoms with E-state index in [4.69, 9.17) is 5.73 Å². The van der Waals surface area contributed by atoms with Crippen molar-refractivity contribution in [2.45, 2.75) is 26.7 Å². The number of halogens is 1. The van der Waals surface area contributed by atoms with Crippen LogP contribution in [-0.2, 0) is 11.2 Å². The van der Waals surface area contributed by atoms with Gasteiger partial charge in [-0.2, -0.15) is 0 Å². The predicted molar refractivity (Wildman–Crippen MR) is 89.9 cm³/mol. The topological polar surface area (TPSA) is 58.4 Å². The van der Waals surface area contributed by atoms with Crippen molar-refractivity contribution in [2.24, 2.45) is 11.1 Å². The molecule has 2 rings (SSSR count). The van der Waals surface area contributed by atoms with Gasteiger partial charge in [0.15, 0.2) is 0 Å². The average molecular weight is 312 g/mol. The maximum absolute atomic E-state index is 12.1. The number of nitrogens with one attached hydrogen (secondary N) is 1. The van der Waals surface area contributed by atoms with Gasteiger partial charge in [-0.15, -0.1) is 12.4 Å². The number of anilines is 1. The molecular weight excluding hydrogens is 286 g/mol. The van der Waals surface area contributed by atoms with Crippen LogP contribution in [0.3, 0.4) is 0 Å². The summed E-state index contributed by atoms with van der Waals surface area (Å²) >= 11 is 0. The summed E-state index contributed by atoms with van der Waals surface area (Å²) in [4.78, 5) is 14.3. The van der Waals surface area contributed by atoms with E-state index in [-0.39, 0.29) is 23.7 Å². The molecule has 4 nitrogen and oxygen atoms in total. The van der Waals surface area contributed by atoms with Crippen LogP contribution in [0.1, 0.15) is 25.8 Å². The molecule has 1 atom stereocenters. The summed E-state index contributed by atoms with van der Waals surface area (Å²) in [6.07, 6.45) is 2.05. The molecule has 1 aliphatic heterocycles.